The maximum absolute atomic E-state index is 11.8. The van der Waals surface area contributed by atoms with E-state index in [-0.39, 0.29) is 12.8 Å². The molecule has 0 atom stereocenters. The Morgan fingerprint density at radius 3 is 2.89 bits per heavy atom. The van der Waals surface area contributed by atoms with Crippen molar-refractivity contribution >= 4 is 51.1 Å². The fourth-order valence-electron chi connectivity index (χ4n) is 2.63. The summed E-state index contributed by atoms with van der Waals surface area (Å²) in [5.74, 6) is 0.774. The zero-order valence-electron chi connectivity index (χ0n) is 14.5. The van der Waals surface area contributed by atoms with E-state index in [0.717, 1.165) is 36.0 Å². The third-order valence-electron chi connectivity index (χ3n) is 4.06. The first-order chi connectivity index (χ1) is 13.0. The van der Waals surface area contributed by atoms with Crippen molar-refractivity contribution < 1.29 is 9.53 Å². The van der Waals surface area contributed by atoms with Gasteiger partial charge in [-0.15, -0.1) is 0 Å². The predicted octanol–water partition coefficient (Wildman–Crippen LogP) is 3.69. The Morgan fingerprint density at radius 1 is 1.33 bits per heavy atom. The largest absolute Gasteiger partial charge is 0.428 e. The molecular weight excluding hydrogens is 436 g/mol. The number of nitrogen functional groups attached to an aromatic ring is 1. The van der Waals surface area contributed by atoms with Gasteiger partial charge in [0.2, 0.25) is 5.95 Å². The van der Waals surface area contributed by atoms with Crippen molar-refractivity contribution in [1.82, 2.24) is 14.9 Å². The molecule has 3 rings (SSSR count). The number of halogens is 2. The molecule has 0 radical (unpaired) electrons. The van der Waals surface area contributed by atoms with Gasteiger partial charge >= 0.3 is 6.09 Å². The van der Waals surface area contributed by atoms with E-state index >= 15 is 0 Å². The highest BCUT2D eigenvalue weighted by atomic mass is 79.9. The van der Waals surface area contributed by atoms with Crippen molar-refractivity contribution in [2.45, 2.75) is 19.4 Å². The summed E-state index contributed by atoms with van der Waals surface area (Å²) in [5, 5.41) is 6.65. The molecule has 1 aromatic carbocycles. The number of benzene rings is 1. The Bertz CT molecular complexity index is 816. The van der Waals surface area contributed by atoms with Gasteiger partial charge in [-0.25, -0.2) is 9.78 Å². The van der Waals surface area contributed by atoms with Gasteiger partial charge in [-0.3, -0.25) is 0 Å². The fraction of sp³-hybridized carbons (Fsp3) is 0.353. The Hall–Kier alpha value is -2.26. The number of likely N-dealkylation sites (tertiary alicyclic amines) is 1. The predicted molar refractivity (Wildman–Crippen MR) is 109 cm³/mol. The topological polar surface area (TPSA) is 105 Å². The summed E-state index contributed by atoms with van der Waals surface area (Å²) in [6.45, 7) is 1.91. The van der Waals surface area contributed by atoms with E-state index in [0.29, 0.717) is 29.0 Å². The third-order valence-corrected chi connectivity index (χ3v) is 4.92. The van der Waals surface area contributed by atoms with Crippen LogP contribution < -0.4 is 16.4 Å². The summed E-state index contributed by atoms with van der Waals surface area (Å²) in [4.78, 5) is 21.9. The number of nitrogens with zero attached hydrogens (tertiary/aromatic N) is 3. The van der Waals surface area contributed by atoms with Gasteiger partial charge in [-0.05, 0) is 36.6 Å². The van der Waals surface area contributed by atoms with Crippen molar-refractivity contribution in [2.24, 2.45) is 0 Å². The second kappa shape index (κ2) is 9.09. The van der Waals surface area contributed by atoms with Crippen LogP contribution in [-0.4, -0.2) is 40.8 Å². The first-order valence-electron chi connectivity index (χ1n) is 8.49. The van der Waals surface area contributed by atoms with Gasteiger partial charge in [-0.1, -0.05) is 27.5 Å². The van der Waals surface area contributed by atoms with Crippen LogP contribution in [0.1, 0.15) is 18.4 Å². The fourth-order valence-corrected chi connectivity index (χ4v) is 3.22. The highest BCUT2D eigenvalue weighted by Crippen LogP contribution is 2.23. The first kappa shape index (κ1) is 19.5. The summed E-state index contributed by atoms with van der Waals surface area (Å²) < 4.78 is 6.11. The van der Waals surface area contributed by atoms with Gasteiger partial charge in [0.15, 0.2) is 12.5 Å². The number of carbonyl (C=O) groups is 1. The smallest absolute Gasteiger partial charge is 0.411 e. The number of nitrogens with one attached hydrogen (secondary N) is 2. The lowest BCUT2D eigenvalue weighted by molar-refractivity contribution is 0.117. The van der Waals surface area contributed by atoms with Crippen LogP contribution >= 0.6 is 27.5 Å². The normalized spacial score (nSPS) is 13.5. The molecule has 27 heavy (non-hydrogen) atoms. The van der Waals surface area contributed by atoms with E-state index in [2.05, 4.69) is 36.5 Å². The number of rotatable bonds is 6. The molecule has 8 nitrogen and oxygen atoms in total. The van der Waals surface area contributed by atoms with Crippen LogP contribution in [0.25, 0.3) is 0 Å². The Balaban J connectivity index is 1.55. The molecule has 1 aliphatic heterocycles. The van der Waals surface area contributed by atoms with E-state index < -0.39 is 0 Å². The van der Waals surface area contributed by atoms with Gasteiger partial charge in [0.1, 0.15) is 0 Å². The molecule has 0 spiro atoms. The molecule has 4 N–H and O–H groups in total. The SMILES string of the molecule is Nc1cnc(NCOC(=O)N2CCCC2)nc1NCc1cc(Br)ccc1Cl. The van der Waals surface area contributed by atoms with E-state index in [9.17, 15) is 4.79 Å². The van der Waals surface area contributed by atoms with E-state index in [4.69, 9.17) is 22.1 Å². The average molecular weight is 456 g/mol. The number of nitrogens with two attached hydrogens (primary N) is 1. The molecule has 1 amide bonds. The zero-order valence-corrected chi connectivity index (χ0v) is 16.9. The maximum Gasteiger partial charge on any atom is 0.411 e. The highest BCUT2D eigenvalue weighted by molar-refractivity contribution is 9.10. The van der Waals surface area contributed by atoms with Crippen LogP contribution in [0.5, 0.6) is 0 Å². The van der Waals surface area contributed by atoms with Gasteiger partial charge in [0.25, 0.3) is 0 Å². The second-order valence-corrected chi connectivity index (χ2v) is 7.34. The van der Waals surface area contributed by atoms with E-state index in [1.807, 2.05) is 18.2 Å². The monoisotopic (exact) mass is 454 g/mol. The molecule has 1 aromatic heterocycles. The van der Waals surface area contributed by atoms with Gasteiger partial charge in [0, 0.05) is 29.1 Å². The van der Waals surface area contributed by atoms with E-state index in [1.165, 1.54) is 6.20 Å². The van der Waals surface area contributed by atoms with E-state index in [1.54, 1.807) is 4.90 Å². The maximum atomic E-state index is 11.8. The van der Waals surface area contributed by atoms with Crippen LogP contribution in [0.3, 0.4) is 0 Å². The number of hydrogen-bond acceptors (Lipinski definition) is 7. The lowest BCUT2D eigenvalue weighted by Crippen LogP contribution is -2.30. The third kappa shape index (κ3) is 5.36. The molecule has 0 aliphatic carbocycles. The van der Waals surface area contributed by atoms with Crippen LogP contribution in [0.4, 0.5) is 22.2 Å². The number of aromatic nitrogens is 2. The number of anilines is 3. The van der Waals surface area contributed by atoms with Crippen molar-refractivity contribution in [3.63, 3.8) is 0 Å². The molecular formula is C17H20BrClN6O2. The van der Waals surface area contributed by atoms with Crippen molar-refractivity contribution in [3.05, 3.63) is 39.5 Å². The molecule has 2 aromatic rings. The van der Waals surface area contributed by atoms with Crippen LogP contribution in [0.2, 0.25) is 5.02 Å². The van der Waals surface area contributed by atoms with Crippen LogP contribution in [-0.2, 0) is 11.3 Å². The van der Waals surface area contributed by atoms with Gasteiger partial charge < -0.3 is 26.0 Å². The minimum atomic E-state index is -0.335. The van der Waals surface area contributed by atoms with Gasteiger partial charge in [0.05, 0.1) is 11.9 Å². The summed E-state index contributed by atoms with van der Waals surface area (Å²) >= 11 is 9.62. The number of hydrogen-bond donors (Lipinski definition) is 3. The molecule has 2 heterocycles. The lowest BCUT2D eigenvalue weighted by atomic mass is 10.2. The minimum absolute atomic E-state index is 0.0177. The Morgan fingerprint density at radius 2 is 2.11 bits per heavy atom. The molecule has 0 bridgehead atoms. The molecule has 0 saturated carbocycles. The molecule has 144 valence electrons. The number of ether oxygens (including phenoxy) is 1. The molecule has 10 heteroatoms. The summed E-state index contributed by atoms with van der Waals surface area (Å²) in [7, 11) is 0. The summed E-state index contributed by atoms with van der Waals surface area (Å²) in [6.07, 6.45) is 3.18. The quantitative estimate of drug-likeness (QED) is 0.570. The standard InChI is InChI=1S/C17H20BrClN6O2/c18-12-3-4-13(19)11(7-12)8-21-15-14(20)9-22-16(24-15)23-10-27-17(26)25-5-1-2-6-25/h3-4,7,9H,1-2,5-6,8,10,20H2,(H2,21,22,23,24). The highest BCUT2D eigenvalue weighted by Gasteiger charge is 2.18. The number of amides is 1. The lowest BCUT2D eigenvalue weighted by Gasteiger charge is -2.15. The van der Waals surface area contributed by atoms with Crippen molar-refractivity contribution in [1.29, 1.82) is 0 Å². The van der Waals surface area contributed by atoms with Gasteiger partial charge in [-0.2, -0.15) is 4.98 Å². The van der Waals surface area contributed by atoms with Crippen LogP contribution in [0, 0.1) is 0 Å². The average Bonchev–Trinajstić information content (AvgIpc) is 3.19. The molecule has 1 aliphatic rings. The summed E-state index contributed by atoms with van der Waals surface area (Å²) in [6, 6.07) is 5.60. The first-order valence-corrected chi connectivity index (χ1v) is 9.66. The van der Waals surface area contributed by atoms with Crippen molar-refractivity contribution in [3.8, 4) is 0 Å². The van der Waals surface area contributed by atoms with Crippen molar-refractivity contribution in [2.75, 3.05) is 36.2 Å². The zero-order chi connectivity index (χ0) is 19.2. The Labute approximate surface area is 170 Å². The second-order valence-electron chi connectivity index (χ2n) is 6.01. The molecule has 0 unspecified atom stereocenters. The minimum Gasteiger partial charge on any atom is -0.428 e. The summed E-state index contributed by atoms with van der Waals surface area (Å²) in [5.41, 5.74) is 7.24. The van der Waals surface area contributed by atoms with Crippen LogP contribution in [0.15, 0.2) is 28.9 Å². The molecule has 1 fully saturated rings. The Kier molecular flexibility index (Phi) is 6.57. The number of carbonyl (C=O) groups excluding carboxylic acids is 1. The molecule has 1 saturated heterocycles.